The summed E-state index contributed by atoms with van der Waals surface area (Å²) in [4.78, 5) is 102. The van der Waals surface area contributed by atoms with Crippen molar-refractivity contribution in [2.75, 3.05) is 74.6 Å². The molecule has 7 aliphatic rings. The molecule has 8 N–H and O–H groups in total. The number of rotatable bonds is 29. The first-order valence-electron chi connectivity index (χ1n) is 34.2. The number of nitrogens with one attached hydrogen (secondary N) is 5. The monoisotopic (exact) mass is 1360 g/mol. The van der Waals surface area contributed by atoms with E-state index in [1.54, 1.807) is 26.1 Å². The number of primary amides is 1. The van der Waals surface area contributed by atoms with Gasteiger partial charge in [0, 0.05) is 96.3 Å². The van der Waals surface area contributed by atoms with E-state index in [2.05, 4.69) is 60.3 Å². The van der Waals surface area contributed by atoms with Crippen molar-refractivity contribution in [3.05, 3.63) is 107 Å². The third-order valence-corrected chi connectivity index (χ3v) is 21.7. The number of ether oxygens (including phenoxy) is 2. The molecule has 6 aromatic rings. The molecule has 0 radical (unpaired) electrons. The number of benzene rings is 2. The van der Waals surface area contributed by atoms with Crippen LogP contribution in [0.1, 0.15) is 138 Å². The summed E-state index contributed by atoms with van der Waals surface area (Å²) in [6.45, 7) is 18.3. The molecule has 4 bridgehead atoms. The number of carboxylic acids is 1. The molecule has 1 saturated heterocycles. The number of carbonyl (C=O) groups excluding carboxylic acids is 6. The summed E-state index contributed by atoms with van der Waals surface area (Å²) in [6.07, 6.45) is 14.5. The Bertz CT molecular complexity index is 4060. The molecule has 7 heterocycles. The smallest absolute Gasteiger partial charge is 0.355 e. The molecule has 2 aromatic carbocycles. The molecule has 6 atom stereocenters. The number of urea groups is 1. The number of carbonyl (C=O) groups is 7. The number of halogens is 1. The van der Waals surface area contributed by atoms with Gasteiger partial charge in [0.2, 0.25) is 17.7 Å². The summed E-state index contributed by atoms with van der Waals surface area (Å²) in [5, 5.41) is 40.0. The number of aromatic carboxylic acids is 1. The number of hydrogen-bond donors (Lipinski definition) is 7. The Morgan fingerprint density at radius 2 is 1.59 bits per heavy atom. The quantitative estimate of drug-likeness (QED) is 0.0131. The SMILES string of the molecule is Cc1c(Nc2nc3cc(F)ccc3s2)nnc2c1CCCN2c1ccc(-c2cnn(CC34CC5(OCC[N+]6(Cc7ccc(NC(=O)[C@H](CCCNC(N)=O)NC(=O)[C@@H](NC(=O)CCOCCN8C(=O)C=CC8=O)C(C)C)cc7)CCCC6)C[C@](C)(C3)C[C@](C)(C4)C5)c2C)c(C(=O)O)n1. The van der Waals surface area contributed by atoms with Crippen LogP contribution in [0.4, 0.5) is 37.5 Å². The molecule has 25 nitrogen and oxygen atoms in total. The van der Waals surface area contributed by atoms with Crippen molar-refractivity contribution < 1.29 is 57.0 Å². The largest absolute Gasteiger partial charge is 0.476 e. The summed E-state index contributed by atoms with van der Waals surface area (Å²) < 4.78 is 30.7. The second-order valence-electron chi connectivity index (χ2n) is 29.2. The van der Waals surface area contributed by atoms with Crippen LogP contribution >= 0.6 is 11.3 Å². The summed E-state index contributed by atoms with van der Waals surface area (Å²) in [5.74, 6) is -2.54. The number of aromatic nitrogens is 6. The first-order valence-corrected chi connectivity index (χ1v) is 35.0. The first kappa shape index (κ1) is 69.1. The molecule has 2 unspecified atom stereocenters. The molecular formula is C71H89FN15O10S+. The van der Waals surface area contributed by atoms with Gasteiger partial charge in [-0.3, -0.25) is 33.6 Å². The minimum absolute atomic E-state index is 0.0104. The van der Waals surface area contributed by atoms with Gasteiger partial charge in [0.15, 0.2) is 22.5 Å². The van der Waals surface area contributed by atoms with E-state index in [0.29, 0.717) is 65.5 Å². The normalized spacial score (nSPS) is 22.7. The highest BCUT2D eigenvalue weighted by atomic mass is 32.1. The van der Waals surface area contributed by atoms with E-state index >= 15 is 0 Å². The Hall–Kier alpha value is -8.79. The third kappa shape index (κ3) is 15.2. The van der Waals surface area contributed by atoms with Gasteiger partial charge in [-0.05, 0) is 137 Å². The van der Waals surface area contributed by atoms with Crippen LogP contribution < -0.4 is 37.2 Å². The molecule has 5 fully saturated rings. The van der Waals surface area contributed by atoms with Gasteiger partial charge < -0.3 is 56.3 Å². The summed E-state index contributed by atoms with van der Waals surface area (Å²) in [5.41, 5.74) is 11.2. The molecule has 3 aliphatic heterocycles. The molecule has 4 aliphatic carbocycles. The number of thiazole rings is 1. The van der Waals surface area contributed by atoms with Gasteiger partial charge in [-0.2, -0.15) is 5.10 Å². The van der Waals surface area contributed by atoms with Crippen LogP contribution in [0.15, 0.2) is 72.9 Å². The van der Waals surface area contributed by atoms with Crippen molar-refractivity contribution in [1.29, 1.82) is 0 Å². The lowest BCUT2D eigenvalue weighted by Gasteiger charge is -2.69. The maximum Gasteiger partial charge on any atom is 0.355 e. The van der Waals surface area contributed by atoms with E-state index in [1.807, 2.05) is 55.1 Å². The number of anilines is 5. The molecular weight excluding hydrogens is 1270 g/mol. The molecule has 98 heavy (non-hydrogen) atoms. The number of quaternary nitrogens is 1. The Morgan fingerprint density at radius 1 is 0.847 bits per heavy atom. The highest BCUT2D eigenvalue weighted by Crippen LogP contribution is 2.72. The second-order valence-corrected chi connectivity index (χ2v) is 30.3. The second kappa shape index (κ2) is 28.2. The molecule has 27 heteroatoms. The zero-order chi connectivity index (χ0) is 69.3. The maximum absolute atomic E-state index is 14.0. The van der Waals surface area contributed by atoms with Crippen molar-refractivity contribution in [1.82, 2.24) is 50.8 Å². The lowest BCUT2D eigenvalue weighted by Crippen LogP contribution is -2.64. The predicted octanol–water partition coefficient (Wildman–Crippen LogP) is 8.92. The van der Waals surface area contributed by atoms with Gasteiger partial charge in [0.25, 0.3) is 11.8 Å². The van der Waals surface area contributed by atoms with Crippen molar-refractivity contribution in [2.24, 2.45) is 27.9 Å². The minimum atomic E-state index is -1.14. The number of nitrogens with zero attached hydrogens (tertiary/aromatic N) is 9. The lowest BCUT2D eigenvalue weighted by molar-refractivity contribution is -0.930. The van der Waals surface area contributed by atoms with Crippen molar-refractivity contribution in [2.45, 2.75) is 156 Å². The minimum Gasteiger partial charge on any atom is -0.476 e. The van der Waals surface area contributed by atoms with E-state index in [4.69, 9.17) is 25.3 Å². The summed E-state index contributed by atoms with van der Waals surface area (Å²) in [7, 11) is 0. The summed E-state index contributed by atoms with van der Waals surface area (Å²) >= 11 is 1.40. The third-order valence-electron chi connectivity index (χ3n) is 20.8. The van der Waals surface area contributed by atoms with Gasteiger partial charge in [-0.1, -0.05) is 51.2 Å². The van der Waals surface area contributed by atoms with E-state index in [0.717, 1.165) is 132 Å². The number of carboxylic acid groups (broad SMARTS) is 1. The Morgan fingerprint density at radius 3 is 2.31 bits per heavy atom. The van der Waals surface area contributed by atoms with Crippen LogP contribution in [-0.4, -0.2) is 163 Å². The lowest BCUT2D eigenvalue weighted by atomic mass is 9.39. The van der Waals surface area contributed by atoms with Gasteiger partial charge in [-0.15, -0.1) is 10.2 Å². The number of imide groups is 1. The van der Waals surface area contributed by atoms with Crippen LogP contribution in [0.25, 0.3) is 21.3 Å². The number of hydrogen-bond acceptors (Lipinski definition) is 17. The Kier molecular flexibility index (Phi) is 19.9. The van der Waals surface area contributed by atoms with Crippen LogP contribution in [0.3, 0.4) is 0 Å². The molecule has 0 spiro atoms. The van der Waals surface area contributed by atoms with Crippen LogP contribution in [-0.2, 0) is 53.0 Å². The highest BCUT2D eigenvalue weighted by Gasteiger charge is 2.66. The number of likely N-dealkylation sites (tertiary alicyclic amines) is 1. The van der Waals surface area contributed by atoms with E-state index in [9.17, 15) is 43.1 Å². The van der Waals surface area contributed by atoms with Crippen LogP contribution in [0.5, 0.6) is 0 Å². The zero-order valence-electron chi connectivity index (χ0n) is 56.6. The van der Waals surface area contributed by atoms with E-state index in [-0.39, 0.29) is 78.4 Å². The van der Waals surface area contributed by atoms with Gasteiger partial charge in [-0.25, -0.2) is 23.9 Å². The van der Waals surface area contributed by atoms with Crippen LogP contribution in [0, 0.1) is 41.8 Å². The van der Waals surface area contributed by atoms with E-state index < -0.39 is 53.6 Å². The molecule has 13 rings (SSSR count). The van der Waals surface area contributed by atoms with Gasteiger partial charge >= 0.3 is 12.0 Å². The standard InChI is InChI=1S/C71H88FN15O10S/c1-43(2)59(80-56(88)23-30-96-31-26-85-57(89)21-22-58(85)90)64(92)77-52(12-9-24-74-66(73)95)63(91)76-48-16-13-46(14-17-48)35-87(27-7-8-28-87)29-32-97-71-39-68(5)36-69(6,40-71)38-70(37-68,41-71)42-86-45(4)51(34-75-86)50-18-20-55(79-60(50)65(93)94)84-25-10-11-49-44(3)61(82-83-62(49)84)81-67-78-53-33-47(72)15-19-54(53)98-67/h13-22,33-34,43,52,59H,7-12,23-32,35-42H2,1-6H3,(H7-,73,74,76,77,78,80,81,82,88,91,92,93,94,95)/p+1/t52-,59-,68-,69+,70?,71?/m0/s1. The fraction of sp³-hybridized carbons (Fsp3) is 0.521. The molecule has 4 saturated carbocycles. The van der Waals surface area contributed by atoms with Crippen molar-refractivity contribution >= 4 is 91.4 Å². The molecule has 520 valence electrons. The fourth-order valence-corrected chi connectivity index (χ4v) is 18.3. The average Bonchev–Trinajstić information content (AvgIpc) is 1.06. The first-order chi connectivity index (χ1) is 46.8. The zero-order valence-corrected chi connectivity index (χ0v) is 57.5. The predicted molar refractivity (Wildman–Crippen MR) is 367 cm³/mol. The molecule has 4 aromatic heterocycles. The van der Waals surface area contributed by atoms with Crippen molar-refractivity contribution in [3.63, 3.8) is 0 Å². The number of fused-ring (bicyclic) bond motifs is 2. The fourth-order valence-electron chi connectivity index (χ4n) is 17.4. The number of amides is 7. The molecule has 7 amide bonds. The number of nitrogens with two attached hydrogens (primary N) is 1. The summed E-state index contributed by atoms with van der Waals surface area (Å²) in [6, 6.07) is 13.3. The van der Waals surface area contributed by atoms with Crippen molar-refractivity contribution in [3.8, 4) is 11.1 Å². The van der Waals surface area contributed by atoms with Gasteiger partial charge in [0.05, 0.1) is 61.5 Å². The Labute approximate surface area is 572 Å². The maximum atomic E-state index is 14.0. The van der Waals surface area contributed by atoms with Crippen LogP contribution in [0.2, 0.25) is 0 Å². The number of pyridine rings is 1. The topological polar surface area (TPSA) is 320 Å². The van der Waals surface area contributed by atoms with E-state index in [1.165, 1.54) is 35.6 Å². The average molecular weight is 1360 g/mol. The Balaban J connectivity index is 0.671. The highest BCUT2D eigenvalue weighted by molar-refractivity contribution is 7.22. The van der Waals surface area contributed by atoms with Gasteiger partial charge in [0.1, 0.15) is 36.8 Å².